The van der Waals surface area contributed by atoms with Crippen molar-refractivity contribution in [1.29, 1.82) is 0 Å². The number of aromatic carboxylic acids is 1. The molecule has 0 saturated heterocycles. The van der Waals surface area contributed by atoms with Crippen LogP contribution in [0.1, 0.15) is 15.9 Å². The average Bonchev–Trinajstić information content (AvgIpc) is 1.85. The Kier molecular flexibility index (Phi) is 1.76. The Morgan fingerprint density at radius 1 is 1.64 bits per heavy atom. The lowest BCUT2D eigenvalue weighted by Gasteiger charge is -1.94. The van der Waals surface area contributed by atoms with Crippen LogP contribution >= 0.6 is 0 Å². The number of hydrogen-bond donors (Lipinski definition) is 1. The Bertz CT molecular complexity index is 337. The van der Waals surface area contributed by atoms with E-state index >= 15 is 0 Å². The topological polar surface area (TPSA) is 67.5 Å². The molecule has 1 aromatic rings. The lowest BCUT2D eigenvalue weighted by molar-refractivity contribution is 0.0691. The van der Waals surface area contributed by atoms with Crippen molar-refractivity contribution in [2.75, 3.05) is 0 Å². The second kappa shape index (κ2) is 2.57. The molecule has 0 amide bonds. The lowest BCUT2D eigenvalue weighted by Crippen LogP contribution is -2.14. The van der Waals surface area contributed by atoms with E-state index in [0.717, 1.165) is 0 Å². The molecule has 0 fully saturated rings. The third-order valence-corrected chi connectivity index (χ3v) is 1.31. The first-order valence-electron chi connectivity index (χ1n) is 2.94. The van der Waals surface area contributed by atoms with Gasteiger partial charge in [0.25, 0.3) is 0 Å². The van der Waals surface area contributed by atoms with E-state index in [1.165, 1.54) is 12.3 Å². The van der Waals surface area contributed by atoms with Gasteiger partial charge < -0.3 is 9.52 Å². The Morgan fingerprint density at radius 2 is 2.27 bits per heavy atom. The van der Waals surface area contributed by atoms with Gasteiger partial charge in [0, 0.05) is 0 Å². The van der Waals surface area contributed by atoms with Gasteiger partial charge in [-0.25, -0.2) is 9.59 Å². The van der Waals surface area contributed by atoms with Crippen LogP contribution in [0.2, 0.25) is 0 Å². The summed E-state index contributed by atoms with van der Waals surface area (Å²) in [5.41, 5.74) is -0.696. The van der Waals surface area contributed by atoms with Crippen LogP contribution in [0.15, 0.2) is 21.5 Å². The van der Waals surface area contributed by atoms with E-state index in [2.05, 4.69) is 4.42 Å². The maximum absolute atomic E-state index is 10.7. The summed E-state index contributed by atoms with van der Waals surface area (Å²) in [6.45, 7) is 1.54. The molecule has 0 aliphatic carbocycles. The van der Waals surface area contributed by atoms with Crippen LogP contribution in [-0.4, -0.2) is 11.1 Å². The van der Waals surface area contributed by atoms with E-state index in [4.69, 9.17) is 5.11 Å². The second-order valence-electron chi connectivity index (χ2n) is 2.07. The number of carboxylic acids is 1. The third-order valence-electron chi connectivity index (χ3n) is 1.31. The fourth-order valence-corrected chi connectivity index (χ4v) is 0.757. The fraction of sp³-hybridized carbons (Fsp3) is 0.143. The molecule has 4 nitrogen and oxygen atoms in total. The van der Waals surface area contributed by atoms with E-state index in [9.17, 15) is 9.59 Å². The number of carbonyl (C=O) groups is 1. The summed E-state index contributed by atoms with van der Waals surface area (Å²) in [7, 11) is 0. The molecule has 0 saturated carbocycles. The molecule has 4 heteroatoms. The first-order valence-corrected chi connectivity index (χ1v) is 2.94. The predicted octanol–water partition coefficient (Wildman–Crippen LogP) is 0.646. The lowest BCUT2D eigenvalue weighted by atomic mass is 10.2. The Labute approximate surface area is 62.1 Å². The van der Waals surface area contributed by atoms with Gasteiger partial charge in [-0.05, 0) is 18.6 Å². The summed E-state index contributed by atoms with van der Waals surface area (Å²) >= 11 is 0. The maximum atomic E-state index is 10.7. The Balaban J connectivity index is 3.45. The van der Waals surface area contributed by atoms with Crippen LogP contribution in [-0.2, 0) is 0 Å². The molecular formula is C7H6O4. The molecule has 58 valence electrons. The molecule has 0 spiro atoms. The number of carboxylic acid groups (broad SMARTS) is 1. The molecule has 1 N–H and O–H groups in total. The number of aryl methyl sites for hydroxylation is 1. The summed E-state index contributed by atoms with van der Waals surface area (Å²) in [4.78, 5) is 21.1. The summed E-state index contributed by atoms with van der Waals surface area (Å²) in [5, 5.41) is 8.49. The van der Waals surface area contributed by atoms with Crippen molar-refractivity contribution in [2.45, 2.75) is 6.92 Å². The summed E-state index contributed by atoms with van der Waals surface area (Å²) in [5.74, 6) is -1.25. The van der Waals surface area contributed by atoms with Gasteiger partial charge >= 0.3 is 11.6 Å². The molecule has 0 aromatic carbocycles. The standard InChI is InChI=1S/C7H6O4/c1-4-2-3-11-7(10)5(4)6(8)9/h2-3H,1H3,(H,8,9). The average molecular weight is 154 g/mol. The minimum absolute atomic E-state index is 0.299. The van der Waals surface area contributed by atoms with Crippen LogP contribution in [0.3, 0.4) is 0 Å². The minimum Gasteiger partial charge on any atom is -0.477 e. The highest BCUT2D eigenvalue weighted by molar-refractivity contribution is 5.88. The first-order chi connectivity index (χ1) is 5.13. The van der Waals surface area contributed by atoms with Gasteiger partial charge in [-0.1, -0.05) is 0 Å². The van der Waals surface area contributed by atoms with Crippen molar-refractivity contribution in [1.82, 2.24) is 0 Å². The van der Waals surface area contributed by atoms with Crippen LogP contribution in [0.4, 0.5) is 0 Å². The molecular weight excluding hydrogens is 148 g/mol. The summed E-state index contributed by atoms with van der Waals surface area (Å²) in [6.07, 6.45) is 1.17. The molecule has 0 aliphatic rings. The van der Waals surface area contributed by atoms with Crippen LogP contribution < -0.4 is 5.63 Å². The van der Waals surface area contributed by atoms with Gasteiger partial charge in [-0.2, -0.15) is 0 Å². The van der Waals surface area contributed by atoms with Crippen molar-refractivity contribution < 1.29 is 14.3 Å². The van der Waals surface area contributed by atoms with Crippen molar-refractivity contribution in [2.24, 2.45) is 0 Å². The number of hydrogen-bond acceptors (Lipinski definition) is 3. The van der Waals surface area contributed by atoms with E-state index in [-0.39, 0.29) is 5.56 Å². The van der Waals surface area contributed by atoms with E-state index in [0.29, 0.717) is 5.56 Å². The number of rotatable bonds is 1. The van der Waals surface area contributed by atoms with Gasteiger partial charge in [0.1, 0.15) is 5.56 Å². The molecule has 0 unspecified atom stereocenters. The maximum Gasteiger partial charge on any atom is 0.350 e. The Morgan fingerprint density at radius 3 is 2.64 bits per heavy atom. The predicted molar refractivity (Wildman–Crippen MR) is 36.7 cm³/mol. The molecule has 0 radical (unpaired) electrons. The minimum atomic E-state index is -1.25. The molecule has 1 aromatic heterocycles. The van der Waals surface area contributed by atoms with Gasteiger partial charge in [0.2, 0.25) is 0 Å². The van der Waals surface area contributed by atoms with E-state index < -0.39 is 11.6 Å². The van der Waals surface area contributed by atoms with Crippen LogP contribution in [0.5, 0.6) is 0 Å². The summed E-state index contributed by atoms with van der Waals surface area (Å²) < 4.78 is 4.36. The highest BCUT2D eigenvalue weighted by Crippen LogP contribution is 2.00. The summed E-state index contributed by atoms with van der Waals surface area (Å²) in [6, 6.07) is 1.44. The zero-order valence-corrected chi connectivity index (χ0v) is 5.83. The quantitative estimate of drug-likeness (QED) is 0.644. The molecule has 0 aliphatic heterocycles. The van der Waals surface area contributed by atoms with Crippen molar-refractivity contribution in [3.8, 4) is 0 Å². The molecule has 0 bridgehead atoms. The normalized spacial score (nSPS) is 9.55. The third kappa shape index (κ3) is 1.29. The van der Waals surface area contributed by atoms with Gasteiger partial charge in [-0.15, -0.1) is 0 Å². The second-order valence-corrected chi connectivity index (χ2v) is 2.07. The zero-order chi connectivity index (χ0) is 8.43. The van der Waals surface area contributed by atoms with E-state index in [1.54, 1.807) is 6.92 Å². The van der Waals surface area contributed by atoms with Crippen molar-refractivity contribution in [3.63, 3.8) is 0 Å². The van der Waals surface area contributed by atoms with Crippen molar-refractivity contribution >= 4 is 5.97 Å². The molecule has 1 rings (SSSR count). The Hall–Kier alpha value is -1.58. The zero-order valence-electron chi connectivity index (χ0n) is 5.83. The van der Waals surface area contributed by atoms with Gasteiger partial charge in [0.05, 0.1) is 6.26 Å². The first kappa shape index (κ1) is 7.53. The molecule has 1 heterocycles. The van der Waals surface area contributed by atoms with E-state index in [1.807, 2.05) is 0 Å². The SMILES string of the molecule is Cc1ccoc(=O)c1C(=O)O. The largest absolute Gasteiger partial charge is 0.477 e. The van der Waals surface area contributed by atoms with Gasteiger partial charge in [-0.3, -0.25) is 0 Å². The smallest absolute Gasteiger partial charge is 0.350 e. The highest BCUT2D eigenvalue weighted by atomic mass is 16.4. The van der Waals surface area contributed by atoms with Crippen LogP contribution in [0, 0.1) is 6.92 Å². The molecule has 11 heavy (non-hydrogen) atoms. The van der Waals surface area contributed by atoms with Crippen molar-refractivity contribution in [3.05, 3.63) is 33.9 Å². The fourth-order valence-electron chi connectivity index (χ4n) is 0.757. The highest BCUT2D eigenvalue weighted by Gasteiger charge is 2.11. The van der Waals surface area contributed by atoms with Gasteiger partial charge in [0.15, 0.2) is 0 Å². The van der Waals surface area contributed by atoms with Crippen LogP contribution in [0.25, 0.3) is 0 Å². The molecule has 0 atom stereocenters. The monoisotopic (exact) mass is 154 g/mol.